The van der Waals surface area contributed by atoms with Gasteiger partial charge in [0.25, 0.3) is 0 Å². The molecule has 0 aliphatic rings. The molecule has 1 heterocycles. The lowest BCUT2D eigenvalue weighted by atomic mass is 10.1. The highest BCUT2D eigenvalue weighted by molar-refractivity contribution is 6.42. The first-order chi connectivity index (χ1) is 8.00. The Balaban J connectivity index is 2.44. The summed E-state index contributed by atoms with van der Waals surface area (Å²) < 4.78 is 0. The quantitative estimate of drug-likeness (QED) is 0.810. The number of aromatic amines is 1. The van der Waals surface area contributed by atoms with E-state index >= 15 is 0 Å². The molecule has 1 N–H and O–H groups in total. The largest absolute Gasteiger partial charge is 0.341 e. The monoisotopic (exact) mass is 287 g/mol. The Hall–Kier alpha value is -0.960. The van der Waals surface area contributed by atoms with Crippen molar-refractivity contribution in [3.8, 4) is 0 Å². The van der Waals surface area contributed by atoms with Crippen molar-refractivity contribution in [2.45, 2.75) is 6.92 Å². The normalized spacial score (nSPS) is 10.6. The number of hydrogen-bond donors (Lipinski definition) is 1. The van der Waals surface area contributed by atoms with E-state index in [1.54, 1.807) is 31.2 Å². The molecule has 0 spiro atoms. The van der Waals surface area contributed by atoms with Gasteiger partial charge in [0.05, 0.1) is 10.7 Å². The zero-order chi connectivity index (χ0) is 12.6. The predicted octanol–water partition coefficient (Wildman–Crippen LogP) is 4.51. The highest BCUT2D eigenvalue weighted by atomic mass is 35.5. The molecule has 0 atom stereocenters. The van der Waals surface area contributed by atoms with Crippen LogP contribution in [-0.4, -0.2) is 10.8 Å². The van der Waals surface area contributed by atoms with E-state index in [1.807, 2.05) is 0 Å². The summed E-state index contributed by atoms with van der Waals surface area (Å²) in [6, 6.07) is 6.64. The Morgan fingerprint density at radius 3 is 2.18 bits per heavy atom. The van der Waals surface area contributed by atoms with Gasteiger partial charge in [-0.05, 0) is 36.8 Å². The zero-order valence-corrected chi connectivity index (χ0v) is 11.1. The summed E-state index contributed by atoms with van der Waals surface area (Å²) in [7, 11) is 0. The van der Waals surface area contributed by atoms with E-state index in [9.17, 15) is 4.79 Å². The molecule has 5 heteroatoms. The van der Waals surface area contributed by atoms with Crippen molar-refractivity contribution in [3.63, 3.8) is 0 Å². The van der Waals surface area contributed by atoms with Crippen LogP contribution in [0.1, 0.15) is 21.6 Å². The Bertz CT molecular complexity index is 572. The first kappa shape index (κ1) is 12.5. The second-order valence-electron chi connectivity index (χ2n) is 3.59. The molecule has 0 fully saturated rings. The van der Waals surface area contributed by atoms with Crippen molar-refractivity contribution in [2.75, 3.05) is 0 Å². The minimum absolute atomic E-state index is 0.159. The van der Waals surface area contributed by atoms with Gasteiger partial charge in [-0.3, -0.25) is 4.79 Å². The van der Waals surface area contributed by atoms with Gasteiger partial charge in [-0.2, -0.15) is 0 Å². The van der Waals surface area contributed by atoms with Gasteiger partial charge in [-0.25, -0.2) is 0 Å². The maximum atomic E-state index is 12.2. The fourth-order valence-electron chi connectivity index (χ4n) is 1.51. The van der Waals surface area contributed by atoms with Gasteiger partial charge >= 0.3 is 0 Å². The number of aromatic nitrogens is 1. The minimum Gasteiger partial charge on any atom is -0.341 e. The Morgan fingerprint density at radius 1 is 1.12 bits per heavy atom. The number of nitrogens with one attached hydrogen (secondary N) is 1. The summed E-state index contributed by atoms with van der Waals surface area (Å²) in [5.41, 5.74) is 1.59. The topological polar surface area (TPSA) is 32.9 Å². The number of carbonyl (C=O) groups excluding carboxylic acids is 1. The van der Waals surface area contributed by atoms with E-state index in [0.717, 1.165) is 0 Å². The van der Waals surface area contributed by atoms with Crippen LogP contribution in [-0.2, 0) is 0 Å². The summed E-state index contributed by atoms with van der Waals surface area (Å²) >= 11 is 17.5. The van der Waals surface area contributed by atoms with E-state index < -0.39 is 0 Å². The van der Waals surface area contributed by atoms with E-state index in [0.29, 0.717) is 26.9 Å². The molecule has 2 nitrogen and oxygen atoms in total. The highest BCUT2D eigenvalue weighted by Gasteiger charge is 2.18. The lowest BCUT2D eigenvalue weighted by molar-refractivity contribution is 0.103. The second kappa shape index (κ2) is 4.73. The van der Waals surface area contributed by atoms with E-state index in [1.165, 1.54) is 0 Å². The van der Waals surface area contributed by atoms with Crippen LogP contribution in [0.4, 0.5) is 0 Å². The number of rotatable bonds is 2. The molecular weight excluding hydrogens is 280 g/mol. The van der Waals surface area contributed by atoms with Crippen LogP contribution in [0.3, 0.4) is 0 Å². The third-order valence-electron chi connectivity index (χ3n) is 2.47. The van der Waals surface area contributed by atoms with Crippen LogP contribution in [0.2, 0.25) is 15.2 Å². The van der Waals surface area contributed by atoms with Gasteiger partial charge in [0.2, 0.25) is 5.78 Å². The Labute approximate surface area is 113 Å². The smallest absolute Gasteiger partial charge is 0.209 e. The molecular formula is C12H8Cl3NO. The molecule has 0 saturated heterocycles. The van der Waals surface area contributed by atoms with Gasteiger partial charge in [0.15, 0.2) is 0 Å². The highest BCUT2D eigenvalue weighted by Crippen LogP contribution is 2.29. The maximum Gasteiger partial charge on any atom is 0.209 e. The van der Waals surface area contributed by atoms with Crippen molar-refractivity contribution in [1.82, 2.24) is 4.98 Å². The predicted molar refractivity (Wildman–Crippen MR) is 70.4 cm³/mol. The van der Waals surface area contributed by atoms with Crippen LogP contribution >= 0.6 is 34.8 Å². The van der Waals surface area contributed by atoms with Crippen LogP contribution in [0.25, 0.3) is 0 Å². The second-order valence-corrected chi connectivity index (χ2v) is 4.78. The van der Waals surface area contributed by atoms with Crippen LogP contribution < -0.4 is 0 Å². The minimum atomic E-state index is -0.159. The number of H-pyrrole nitrogens is 1. The fraction of sp³-hybridized carbons (Fsp3) is 0.0833. The van der Waals surface area contributed by atoms with Crippen molar-refractivity contribution in [1.29, 1.82) is 0 Å². The molecule has 1 aromatic carbocycles. The van der Waals surface area contributed by atoms with Gasteiger partial charge < -0.3 is 4.98 Å². The van der Waals surface area contributed by atoms with E-state index in [4.69, 9.17) is 34.8 Å². The zero-order valence-electron chi connectivity index (χ0n) is 8.85. The summed E-state index contributed by atoms with van der Waals surface area (Å²) in [4.78, 5) is 14.9. The van der Waals surface area contributed by atoms with Crippen LogP contribution in [0.15, 0.2) is 24.3 Å². The average Bonchev–Trinajstić information content (AvgIpc) is 2.57. The number of halogens is 3. The SMILES string of the molecule is Cc1c(C(=O)c2ccc(Cl)cc2)[nH]c(Cl)c1Cl. The summed E-state index contributed by atoms with van der Waals surface area (Å²) in [5, 5.41) is 1.24. The van der Waals surface area contributed by atoms with Crippen molar-refractivity contribution in [2.24, 2.45) is 0 Å². The maximum absolute atomic E-state index is 12.2. The van der Waals surface area contributed by atoms with Crippen molar-refractivity contribution < 1.29 is 4.79 Å². The molecule has 1 aromatic heterocycles. The van der Waals surface area contributed by atoms with Crippen molar-refractivity contribution in [3.05, 3.63) is 56.3 Å². The first-order valence-corrected chi connectivity index (χ1v) is 5.98. The lowest BCUT2D eigenvalue weighted by Gasteiger charge is -2.00. The Kier molecular flexibility index (Phi) is 3.48. The fourth-order valence-corrected chi connectivity index (χ4v) is 2.01. The molecule has 0 aliphatic heterocycles. The molecule has 0 bridgehead atoms. The summed E-state index contributed by atoms with van der Waals surface area (Å²) in [5.74, 6) is -0.159. The van der Waals surface area contributed by atoms with Gasteiger partial charge in [0, 0.05) is 10.6 Å². The molecule has 0 amide bonds. The average molecular weight is 289 g/mol. The third kappa shape index (κ3) is 2.34. The molecule has 2 aromatic rings. The number of ketones is 1. The lowest BCUT2D eigenvalue weighted by Crippen LogP contribution is -2.03. The summed E-state index contributed by atoms with van der Waals surface area (Å²) in [6.07, 6.45) is 0. The summed E-state index contributed by atoms with van der Waals surface area (Å²) in [6.45, 7) is 1.74. The standard InChI is InChI=1S/C12H8Cl3NO/c1-6-9(14)12(15)16-10(6)11(17)7-2-4-8(13)5-3-7/h2-5,16H,1H3. The molecule has 0 aliphatic carbocycles. The van der Waals surface area contributed by atoms with Gasteiger partial charge in [-0.15, -0.1) is 0 Å². The number of carbonyl (C=O) groups is 1. The van der Waals surface area contributed by atoms with Crippen LogP contribution in [0, 0.1) is 6.92 Å². The van der Waals surface area contributed by atoms with Crippen LogP contribution in [0.5, 0.6) is 0 Å². The number of benzene rings is 1. The molecule has 88 valence electrons. The van der Waals surface area contributed by atoms with Crippen molar-refractivity contribution >= 4 is 40.6 Å². The molecule has 0 saturated carbocycles. The third-order valence-corrected chi connectivity index (χ3v) is 3.57. The van der Waals surface area contributed by atoms with Gasteiger partial charge in [-0.1, -0.05) is 34.8 Å². The first-order valence-electron chi connectivity index (χ1n) is 4.84. The molecule has 2 rings (SSSR count). The molecule has 0 radical (unpaired) electrons. The number of hydrogen-bond acceptors (Lipinski definition) is 1. The Morgan fingerprint density at radius 2 is 1.71 bits per heavy atom. The van der Waals surface area contributed by atoms with E-state index in [2.05, 4.69) is 4.98 Å². The molecule has 0 unspecified atom stereocenters. The van der Waals surface area contributed by atoms with E-state index in [-0.39, 0.29) is 10.9 Å². The van der Waals surface area contributed by atoms with Gasteiger partial charge in [0.1, 0.15) is 5.15 Å². The molecule has 17 heavy (non-hydrogen) atoms.